The summed E-state index contributed by atoms with van der Waals surface area (Å²) in [5.41, 5.74) is 1.62. The summed E-state index contributed by atoms with van der Waals surface area (Å²) in [4.78, 5) is 12.2. The van der Waals surface area contributed by atoms with Gasteiger partial charge in [-0.3, -0.25) is 4.79 Å². The summed E-state index contributed by atoms with van der Waals surface area (Å²) in [5, 5.41) is 0. The van der Waals surface area contributed by atoms with E-state index < -0.39 is 5.79 Å². The number of Topliss-reactive ketones (excluding diaryl/α,β-unsaturated/α-hetero) is 1. The average molecular weight is 262 g/mol. The van der Waals surface area contributed by atoms with E-state index in [2.05, 4.69) is 25.7 Å². The highest BCUT2D eigenvalue weighted by atomic mass is 16.7. The van der Waals surface area contributed by atoms with Crippen LogP contribution in [0.5, 0.6) is 0 Å². The van der Waals surface area contributed by atoms with Crippen molar-refractivity contribution in [1.82, 2.24) is 0 Å². The number of rotatable bonds is 5. The Morgan fingerprint density at radius 2 is 1.84 bits per heavy atom. The third kappa shape index (κ3) is 2.61. The first-order valence-corrected chi connectivity index (χ1v) is 7.31. The van der Waals surface area contributed by atoms with Gasteiger partial charge in [-0.1, -0.05) is 38.5 Å². The topological polar surface area (TPSA) is 35.5 Å². The molecule has 0 N–H and O–H groups in total. The van der Waals surface area contributed by atoms with Gasteiger partial charge in [0.2, 0.25) is 5.78 Å². The van der Waals surface area contributed by atoms with Crippen LogP contribution >= 0.6 is 0 Å². The average Bonchev–Trinajstić information content (AvgIpc) is 2.93. The fourth-order valence-corrected chi connectivity index (χ4v) is 2.45. The number of carbonyl (C=O) groups is 1. The molecule has 2 aliphatic rings. The Bertz CT molecular complexity index is 431. The molecule has 3 nitrogen and oxygen atoms in total. The molecule has 0 aromatic carbocycles. The van der Waals surface area contributed by atoms with E-state index in [1.807, 2.05) is 0 Å². The lowest BCUT2D eigenvalue weighted by atomic mass is 9.77. The van der Waals surface area contributed by atoms with Gasteiger partial charge in [0.25, 0.3) is 5.79 Å². The number of hydrogen-bond donors (Lipinski definition) is 0. The number of unbranched alkanes of at least 4 members (excludes halogenated alkanes) is 3. The van der Waals surface area contributed by atoms with E-state index in [1.54, 1.807) is 0 Å². The molecule has 1 aliphatic heterocycles. The molecule has 1 heterocycles. The quantitative estimate of drug-likeness (QED) is 0.564. The molecule has 2 rings (SSSR count). The van der Waals surface area contributed by atoms with Crippen molar-refractivity contribution in [3.05, 3.63) is 11.1 Å². The molecular weight excluding hydrogens is 240 g/mol. The van der Waals surface area contributed by atoms with Crippen molar-refractivity contribution in [2.75, 3.05) is 13.2 Å². The molecule has 1 fully saturated rings. The standard InChI is InChI=1S/C16H22O3/c1-3-5-7-8-9-13-14(10-6-4-2)16(15(13)17)18-11-12-19-16/h3-7,10-12H2,1-2H3. The van der Waals surface area contributed by atoms with Crippen molar-refractivity contribution in [2.45, 2.75) is 58.2 Å². The molecule has 0 radical (unpaired) electrons. The van der Waals surface area contributed by atoms with E-state index in [4.69, 9.17) is 9.47 Å². The lowest BCUT2D eigenvalue weighted by Gasteiger charge is -2.37. The molecule has 0 unspecified atom stereocenters. The summed E-state index contributed by atoms with van der Waals surface area (Å²) >= 11 is 0. The van der Waals surface area contributed by atoms with Gasteiger partial charge < -0.3 is 9.47 Å². The minimum absolute atomic E-state index is 0.0694. The normalized spacial score (nSPS) is 20.4. The van der Waals surface area contributed by atoms with Crippen molar-refractivity contribution < 1.29 is 14.3 Å². The van der Waals surface area contributed by atoms with Crippen LogP contribution in [0.2, 0.25) is 0 Å². The van der Waals surface area contributed by atoms with Crippen LogP contribution in [0.4, 0.5) is 0 Å². The molecular formula is C16H22O3. The second-order valence-corrected chi connectivity index (χ2v) is 5.01. The molecule has 3 heteroatoms. The second-order valence-electron chi connectivity index (χ2n) is 5.01. The highest BCUT2D eigenvalue weighted by Crippen LogP contribution is 2.44. The summed E-state index contributed by atoms with van der Waals surface area (Å²) < 4.78 is 11.1. The Kier molecular flexibility index (Phi) is 4.79. The highest BCUT2D eigenvalue weighted by molar-refractivity contribution is 6.14. The van der Waals surface area contributed by atoms with Crippen LogP contribution in [0.3, 0.4) is 0 Å². The van der Waals surface area contributed by atoms with Gasteiger partial charge in [0, 0.05) is 12.0 Å². The zero-order valence-corrected chi connectivity index (χ0v) is 11.9. The zero-order valence-electron chi connectivity index (χ0n) is 11.9. The Morgan fingerprint density at radius 3 is 2.47 bits per heavy atom. The first kappa shape index (κ1) is 14.3. The van der Waals surface area contributed by atoms with Crippen LogP contribution < -0.4 is 0 Å². The first-order chi connectivity index (χ1) is 9.26. The fourth-order valence-electron chi connectivity index (χ4n) is 2.45. The highest BCUT2D eigenvalue weighted by Gasteiger charge is 2.57. The molecule has 0 atom stereocenters. The van der Waals surface area contributed by atoms with E-state index in [9.17, 15) is 4.79 Å². The monoisotopic (exact) mass is 262 g/mol. The van der Waals surface area contributed by atoms with Crippen molar-refractivity contribution in [1.29, 1.82) is 0 Å². The molecule has 1 saturated heterocycles. The minimum Gasteiger partial charge on any atom is -0.337 e. The van der Waals surface area contributed by atoms with Gasteiger partial charge in [0.1, 0.15) is 0 Å². The summed E-state index contributed by atoms with van der Waals surface area (Å²) in [6.07, 6.45) is 6.03. The van der Waals surface area contributed by atoms with Gasteiger partial charge in [-0.2, -0.15) is 0 Å². The molecule has 19 heavy (non-hydrogen) atoms. The van der Waals surface area contributed by atoms with E-state index in [-0.39, 0.29) is 5.78 Å². The van der Waals surface area contributed by atoms with Crippen LogP contribution in [-0.2, 0) is 14.3 Å². The van der Waals surface area contributed by atoms with Crippen molar-refractivity contribution in [3.8, 4) is 11.8 Å². The lowest BCUT2D eigenvalue weighted by molar-refractivity contribution is -0.171. The molecule has 0 aromatic heterocycles. The van der Waals surface area contributed by atoms with Gasteiger partial charge in [-0.25, -0.2) is 0 Å². The van der Waals surface area contributed by atoms with Crippen molar-refractivity contribution in [2.24, 2.45) is 0 Å². The van der Waals surface area contributed by atoms with Gasteiger partial charge in [0.15, 0.2) is 0 Å². The second kappa shape index (κ2) is 6.36. The van der Waals surface area contributed by atoms with Crippen molar-refractivity contribution in [3.63, 3.8) is 0 Å². The predicted molar refractivity (Wildman–Crippen MR) is 73.5 cm³/mol. The van der Waals surface area contributed by atoms with E-state index in [0.717, 1.165) is 44.1 Å². The van der Waals surface area contributed by atoms with Gasteiger partial charge in [0.05, 0.1) is 18.8 Å². The Balaban J connectivity index is 2.15. The third-order valence-electron chi connectivity index (χ3n) is 3.57. The maximum Gasteiger partial charge on any atom is 0.259 e. The summed E-state index contributed by atoms with van der Waals surface area (Å²) in [5.74, 6) is 5.00. The fraction of sp³-hybridized carbons (Fsp3) is 0.688. The minimum atomic E-state index is -1.05. The van der Waals surface area contributed by atoms with Crippen LogP contribution in [0.25, 0.3) is 0 Å². The van der Waals surface area contributed by atoms with Gasteiger partial charge in [-0.05, 0) is 19.3 Å². The molecule has 1 spiro atoms. The van der Waals surface area contributed by atoms with E-state index in [0.29, 0.717) is 18.8 Å². The molecule has 0 bridgehead atoms. The van der Waals surface area contributed by atoms with Crippen LogP contribution in [0, 0.1) is 11.8 Å². The van der Waals surface area contributed by atoms with Crippen LogP contribution in [0.1, 0.15) is 52.4 Å². The summed E-state index contributed by atoms with van der Waals surface area (Å²) in [6, 6.07) is 0. The molecule has 1 aliphatic carbocycles. The number of carbonyl (C=O) groups excluding carboxylic acids is 1. The largest absolute Gasteiger partial charge is 0.337 e. The van der Waals surface area contributed by atoms with Gasteiger partial charge >= 0.3 is 0 Å². The number of hydrogen-bond acceptors (Lipinski definition) is 3. The van der Waals surface area contributed by atoms with Gasteiger partial charge in [-0.15, -0.1) is 0 Å². The van der Waals surface area contributed by atoms with E-state index >= 15 is 0 Å². The number of ether oxygens (including phenoxy) is 2. The van der Waals surface area contributed by atoms with Crippen LogP contribution in [0.15, 0.2) is 11.1 Å². The molecule has 104 valence electrons. The van der Waals surface area contributed by atoms with Crippen molar-refractivity contribution >= 4 is 5.78 Å². The molecule has 0 aromatic rings. The Labute approximate surface area is 115 Å². The third-order valence-corrected chi connectivity index (χ3v) is 3.57. The molecule has 0 saturated carbocycles. The first-order valence-electron chi connectivity index (χ1n) is 7.31. The zero-order chi connectivity index (χ0) is 13.7. The smallest absolute Gasteiger partial charge is 0.259 e. The maximum absolute atomic E-state index is 12.2. The lowest BCUT2D eigenvalue weighted by Crippen LogP contribution is -2.51. The SMILES string of the molecule is CCCCC#CC1=C(CCCC)C2(OCCO2)C1=O. The van der Waals surface area contributed by atoms with Crippen LogP contribution in [-0.4, -0.2) is 24.8 Å². The maximum atomic E-state index is 12.2. The molecule has 0 amide bonds. The summed E-state index contributed by atoms with van der Waals surface area (Å²) in [7, 11) is 0. The predicted octanol–water partition coefficient (Wildman–Crippen LogP) is 2.99. The summed E-state index contributed by atoms with van der Waals surface area (Å²) in [6.45, 7) is 5.27. The Morgan fingerprint density at radius 1 is 1.16 bits per heavy atom. The van der Waals surface area contributed by atoms with E-state index in [1.165, 1.54) is 0 Å². The Hall–Kier alpha value is -1.11. The number of ketones is 1.